The van der Waals surface area contributed by atoms with Crippen LogP contribution in [0.1, 0.15) is 6.92 Å². The molecule has 4 aromatic rings. The molecule has 0 aliphatic rings. The van der Waals surface area contributed by atoms with Crippen LogP contribution in [0.15, 0.2) is 43.4 Å². The SMILES string of the molecule is CCOc1ccccc1NC(=O)Nc1nnc(Sc2nc3c(c(=O)n(C)c(=O)n3C)n2C)s1. The van der Waals surface area contributed by atoms with Gasteiger partial charge in [-0.2, -0.15) is 0 Å². The van der Waals surface area contributed by atoms with Crippen molar-refractivity contribution < 1.29 is 9.53 Å². The number of carbonyl (C=O) groups is 1. The third kappa shape index (κ3) is 4.34. The molecule has 0 saturated carbocycles. The number of benzene rings is 1. The van der Waals surface area contributed by atoms with Crippen LogP contribution in [0.2, 0.25) is 0 Å². The predicted molar refractivity (Wildman–Crippen MR) is 125 cm³/mol. The Labute approximate surface area is 195 Å². The minimum absolute atomic E-state index is 0.281. The highest BCUT2D eigenvalue weighted by atomic mass is 32.2. The molecule has 0 spiro atoms. The number of aryl methyl sites for hydroxylation is 2. The second-order valence-corrected chi connectivity index (χ2v) is 9.01. The van der Waals surface area contributed by atoms with Crippen LogP contribution in [0.25, 0.3) is 11.2 Å². The Hall–Kier alpha value is -3.65. The Morgan fingerprint density at radius 1 is 1.09 bits per heavy atom. The molecule has 2 N–H and O–H groups in total. The lowest BCUT2D eigenvalue weighted by atomic mass is 10.3. The predicted octanol–water partition coefficient (Wildman–Crippen LogP) is 2.02. The number of nitrogens with one attached hydrogen (secondary N) is 2. The molecule has 4 rings (SSSR count). The summed E-state index contributed by atoms with van der Waals surface area (Å²) in [7, 11) is 4.66. The van der Waals surface area contributed by atoms with E-state index in [9.17, 15) is 14.4 Å². The normalized spacial score (nSPS) is 11.0. The van der Waals surface area contributed by atoms with Crippen molar-refractivity contribution in [1.29, 1.82) is 0 Å². The first kappa shape index (κ1) is 22.5. The maximum atomic E-state index is 12.5. The smallest absolute Gasteiger partial charge is 0.332 e. The van der Waals surface area contributed by atoms with Gasteiger partial charge in [-0.25, -0.2) is 14.6 Å². The first-order valence-electron chi connectivity index (χ1n) is 9.73. The largest absolute Gasteiger partial charge is 0.492 e. The Morgan fingerprint density at radius 3 is 2.61 bits per heavy atom. The molecule has 2 amide bonds. The molecule has 0 fully saturated rings. The average molecular weight is 489 g/mol. The number of hydrogen-bond donors (Lipinski definition) is 2. The van der Waals surface area contributed by atoms with Crippen LogP contribution in [0.5, 0.6) is 5.75 Å². The lowest BCUT2D eigenvalue weighted by Gasteiger charge is -2.10. The van der Waals surface area contributed by atoms with Crippen molar-refractivity contribution in [2.24, 2.45) is 21.1 Å². The van der Waals surface area contributed by atoms with Crippen LogP contribution in [0.3, 0.4) is 0 Å². The highest BCUT2D eigenvalue weighted by molar-refractivity contribution is 8.01. The van der Waals surface area contributed by atoms with E-state index in [1.165, 1.54) is 23.4 Å². The maximum Gasteiger partial charge on any atom is 0.332 e. The number of imidazole rings is 1. The topological polar surface area (TPSA) is 138 Å². The summed E-state index contributed by atoms with van der Waals surface area (Å²) >= 11 is 2.32. The Kier molecular flexibility index (Phi) is 6.20. The first-order chi connectivity index (χ1) is 15.8. The van der Waals surface area contributed by atoms with E-state index in [-0.39, 0.29) is 10.8 Å². The molecule has 33 heavy (non-hydrogen) atoms. The second-order valence-electron chi connectivity index (χ2n) is 6.81. The molecule has 172 valence electrons. The lowest BCUT2D eigenvalue weighted by Crippen LogP contribution is -2.37. The van der Waals surface area contributed by atoms with Crippen LogP contribution >= 0.6 is 23.1 Å². The summed E-state index contributed by atoms with van der Waals surface area (Å²) in [5, 5.41) is 14.2. The Morgan fingerprint density at radius 2 is 1.85 bits per heavy atom. The number of hydrogen-bond acceptors (Lipinski definition) is 9. The number of fused-ring (bicyclic) bond motifs is 1. The zero-order chi connectivity index (χ0) is 23.7. The molecule has 0 atom stereocenters. The van der Waals surface area contributed by atoms with E-state index in [1.54, 1.807) is 36.9 Å². The van der Waals surface area contributed by atoms with Gasteiger partial charge in [0.05, 0.1) is 12.3 Å². The van der Waals surface area contributed by atoms with Crippen molar-refractivity contribution in [3.63, 3.8) is 0 Å². The number of amides is 2. The number of para-hydroxylation sites is 2. The average Bonchev–Trinajstić information content (AvgIpc) is 3.36. The quantitative estimate of drug-likeness (QED) is 0.393. The molecule has 1 aromatic carbocycles. The summed E-state index contributed by atoms with van der Waals surface area (Å²) < 4.78 is 9.96. The summed E-state index contributed by atoms with van der Waals surface area (Å²) in [5.41, 5.74) is 0.225. The first-order valence-corrected chi connectivity index (χ1v) is 11.4. The summed E-state index contributed by atoms with van der Waals surface area (Å²) in [6, 6.07) is 6.61. The summed E-state index contributed by atoms with van der Waals surface area (Å²) in [6.07, 6.45) is 0. The van der Waals surface area contributed by atoms with Gasteiger partial charge >= 0.3 is 11.7 Å². The van der Waals surface area contributed by atoms with E-state index in [0.717, 1.165) is 15.9 Å². The van der Waals surface area contributed by atoms with Gasteiger partial charge in [-0.3, -0.25) is 19.2 Å². The van der Waals surface area contributed by atoms with Gasteiger partial charge < -0.3 is 14.6 Å². The fraction of sp³-hybridized carbons (Fsp3) is 0.263. The molecular formula is C19H20N8O4S2. The van der Waals surface area contributed by atoms with Crippen molar-refractivity contribution in [2.45, 2.75) is 16.4 Å². The van der Waals surface area contributed by atoms with Gasteiger partial charge in [0.1, 0.15) is 5.75 Å². The molecule has 3 heterocycles. The number of carbonyl (C=O) groups excluding carboxylic acids is 1. The maximum absolute atomic E-state index is 12.5. The highest BCUT2D eigenvalue weighted by Crippen LogP contribution is 2.32. The third-order valence-corrected chi connectivity index (χ3v) is 6.61. The molecule has 12 nitrogen and oxygen atoms in total. The van der Waals surface area contributed by atoms with Crippen LogP contribution in [-0.4, -0.2) is 41.5 Å². The van der Waals surface area contributed by atoms with Gasteiger partial charge in [0.15, 0.2) is 20.7 Å². The molecule has 0 bridgehead atoms. The monoisotopic (exact) mass is 488 g/mol. The minimum Gasteiger partial charge on any atom is -0.492 e. The van der Waals surface area contributed by atoms with Gasteiger partial charge in [-0.05, 0) is 30.8 Å². The fourth-order valence-corrected chi connectivity index (χ4v) is 4.77. The van der Waals surface area contributed by atoms with Crippen LogP contribution in [0.4, 0.5) is 15.6 Å². The van der Waals surface area contributed by atoms with Crippen molar-refractivity contribution >= 4 is 51.1 Å². The van der Waals surface area contributed by atoms with E-state index in [4.69, 9.17) is 4.74 Å². The Bertz CT molecular complexity index is 1470. The van der Waals surface area contributed by atoms with Gasteiger partial charge in [0.25, 0.3) is 5.56 Å². The van der Waals surface area contributed by atoms with Crippen LogP contribution in [-0.2, 0) is 21.1 Å². The van der Waals surface area contributed by atoms with E-state index < -0.39 is 17.3 Å². The van der Waals surface area contributed by atoms with E-state index in [1.807, 2.05) is 13.0 Å². The van der Waals surface area contributed by atoms with Crippen LogP contribution in [0, 0.1) is 0 Å². The number of nitrogens with zero attached hydrogens (tertiary/aromatic N) is 6. The number of ether oxygens (including phenoxy) is 1. The standard InChI is InChI=1S/C19H20N8O4S2/c1-5-31-11-9-7-6-8-10(11)20-15(29)22-16-23-24-18(32-16)33-17-21-13-12(25(17)2)14(28)27(4)19(30)26(13)3/h6-9H,5H2,1-4H3,(H2,20,22,23,29). The lowest BCUT2D eigenvalue weighted by molar-refractivity contribution is 0.262. The molecule has 3 aromatic heterocycles. The summed E-state index contributed by atoms with van der Waals surface area (Å²) in [4.78, 5) is 41.5. The highest BCUT2D eigenvalue weighted by Gasteiger charge is 2.19. The van der Waals surface area contributed by atoms with Gasteiger partial charge in [0.2, 0.25) is 5.13 Å². The van der Waals surface area contributed by atoms with E-state index in [2.05, 4.69) is 25.8 Å². The molecule has 0 saturated heterocycles. The summed E-state index contributed by atoms with van der Waals surface area (Å²) in [6.45, 7) is 2.33. The Balaban J connectivity index is 1.51. The molecular weight excluding hydrogens is 468 g/mol. The van der Waals surface area contributed by atoms with Gasteiger partial charge in [-0.1, -0.05) is 23.5 Å². The summed E-state index contributed by atoms with van der Waals surface area (Å²) in [5.74, 6) is 0.561. The minimum atomic E-state index is -0.490. The molecule has 0 radical (unpaired) electrons. The molecule has 0 aliphatic carbocycles. The zero-order valence-corrected chi connectivity index (χ0v) is 19.8. The van der Waals surface area contributed by atoms with Crippen molar-refractivity contribution in [3.8, 4) is 5.75 Å². The van der Waals surface area contributed by atoms with E-state index in [0.29, 0.717) is 33.1 Å². The third-order valence-electron chi connectivity index (χ3n) is 4.68. The number of rotatable bonds is 6. The van der Waals surface area contributed by atoms with Crippen molar-refractivity contribution in [3.05, 3.63) is 45.1 Å². The molecule has 14 heteroatoms. The zero-order valence-electron chi connectivity index (χ0n) is 18.1. The van der Waals surface area contributed by atoms with Crippen molar-refractivity contribution in [1.82, 2.24) is 28.9 Å². The molecule has 0 aliphatic heterocycles. The van der Waals surface area contributed by atoms with Gasteiger partial charge in [0, 0.05) is 21.1 Å². The number of aromatic nitrogens is 6. The number of urea groups is 1. The molecule has 0 unspecified atom stereocenters. The number of anilines is 2. The van der Waals surface area contributed by atoms with Crippen molar-refractivity contribution in [2.75, 3.05) is 17.2 Å². The van der Waals surface area contributed by atoms with Gasteiger partial charge in [-0.15, -0.1) is 10.2 Å². The van der Waals surface area contributed by atoms with Crippen LogP contribution < -0.4 is 26.6 Å². The fourth-order valence-electron chi connectivity index (χ4n) is 3.07. The van der Waals surface area contributed by atoms with E-state index >= 15 is 0 Å². The second kappa shape index (κ2) is 9.07.